The number of nitrogens with zero attached hydrogens (tertiary/aromatic N) is 2. The minimum atomic E-state index is -1.05. The molecule has 0 fully saturated rings. The van der Waals surface area contributed by atoms with Crippen LogP contribution in [0.2, 0.25) is 0 Å². The number of aliphatic carboxylic acids is 1. The Morgan fingerprint density at radius 3 is 2.72 bits per heavy atom. The Bertz CT molecular complexity index is 481. The van der Waals surface area contributed by atoms with Crippen molar-refractivity contribution in [1.29, 1.82) is 0 Å². The lowest BCUT2D eigenvalue weighted by Gasteiger charge is -2.11. The topological polar surface area (TPSA) is 123 Å². The number of carboxylic acids is 1. The number of guanidine groups is 1. The Hall–Kier alpha value is -2.57. The van der Waals surface area contributed by atoms with Gasteiger partial charge in [-0.05, 0) is 19.1 Å². The minimum Gasteiger partial charge on any atom is -0.479 e. The van der Waals surface area contributed by atoms with Crippen molar-refractivity contribution < 1.29 is 14.6 Å². The summed E-state index contributed by atoms with van der Waals surface area (Å²) in [7, 11) is 0. The molecule has 18 heavy (non-hydrogen) atoms. The normalized spacial score (nSPS) is 12.1. The third-order valence-corrected chi connectivity index (χ3v) is 1.94. The lowest BCUT2D eigenvalue weighted by atomic mass is 10.2. The van der Waals surface area contributed by atoms with Gasteiger partial charge < -0.3 is 21.3 Å². The fourth-order valence-corrected chi connectivity index (χ4v) is 1.09. The molecule has 1 unspecified atom stereocenters. The van der Waals surface area contributed by atoms with Crippen LogP contribution < -0.4 is 16.2 Å². The zero-order valence-corrected chi connectivity index (χ0v) is 9.78. The summed E-state index contributed by atoms with van der Waals surface area (Å²) in [6, 6.07) is 6.82. The molecular formula is C11H14N4O3. The molecule has 1 aromatic rings. The van der Waals surface area contributed by atoms with Crippen LogP contribution in [0.4, 0.5) is 0 Å². The van der Waals surface area contributed by atoms with Crippen molar-refractivity contribution >= 4 is 18.1 Å². The van der Waals surface area contributed by atoms with E-state index in [2.05, 4.69) is 10.2 Å². The van der Waals surface area contributed by atoms with E-state index >= 15 is 0 Å². The summed E-state index contributed by atoms with van der Waals surface area (Å²) >= 11 is 0. The summed E-state index contributed by atoms with van der Waals surface area (Å²) in [5.41, 5.74) is 10.8. The molecule has 0 saturated carbocycles. The van der Waals surface area contributed by atoms with E-state index in [1.165, 1.54) is 13.1 Å². The molecule has 0 amide bonds. The van der Waals surface area contributed by atoms with Gasteiger partial charge in [0.2, 0.25) is 5.96 Å². The average Bonchev–Trinajstić information content (AvgIpc) is 2.30. The maximum Gasteiger partial charge on any atom is 0.344 e. The van der Waals surface area contributed by atoms with E-state index in [1.54, 1.807) is 24.3 Å². The average molecular weight is 250 g/mol. The fraction of sp³-hybridized carbons (Fsp3) is 0.182. The first-order valence-electron chi connectivity index (χ1n) is 5.11. The third kappa shape index (κ3) is 4.12. The highest BCUT2D eigenvalue weighted by Crippen LogP contribution is 2.17. The van der Waals surface area contributed by atoms with E-state index in [1.807, 2.05) is 0 Å². The quantitative estimate of drug-likeness (QED) is 0.390. The number of nitrogens with two attached hydrogens (primary N) is 2. The molecule has 0 heterocycles. The summed E-state index contributed by atoms with van der Waals surface area (Å²) in [5.74, 6) is -0.823. The van der Waals surface area contributed by atoms with E-state index in [-0.39, 0.29) is 5.96 Å². The first kappa shape index (κ1) is 13.5. The lowest BCUT2D eigenvalue weighted by molar-refractivity contribution is -0.144. The molecule has 1 atom stereocenters. The molecule has 0 spiro atoms. The summed E-state index contributed by atoms with van der Waals surface area (Å²) in [6.07, 6.45) is 0.423. The molecule has 7 heteroatoms. The molecular weight excluding hydrogens is 236 g/mol. The van der Waals surface area contributed by atoms with Gasteiger partial charge in [0.05, 0.1) is 6.21 Å². The Kier molecular flexibility index (Phi) is 4.67. The first-order valence-corrected chi connectivity index (χ1v) is 5.11. The van der Waals surface area contributed by atoms with Crippen molar-refractivity contribution in [3.05, 3.63) is 29.8 Å². The number of rotatable bonds is 5. The van der Waals surface area contributed by atoms with Crippen molar-refractivity contribution in [1.82, 2.24) is 0 Å². The predicted octanol–water partition coefficient (Wildman–Crippen LogP) is 0.146. The van der Waals surface area contributed by atoms with Crippen LogP contribution in [-0.4, -0.2) is 29.4 Å². The maximum atomic E-state index is 10.7. The number of carboxylic acid groups (broad SMARTS) is 1. The zero-order valence-electron chi connectivity index (χ0n) is 9.78. The Morgan fingerprint density at radius 1 is 1.44 bits per heavy atom. The van der Waals surface area contributed by atoms with Gasteiger partial charge in [0.1, 0.15) is 5.75 Å². The molecule has 0 bridgehead atoms. The largest absolute Gasteiger partial charge is 0.479 e. The Morgan fingerprint density at radius 2 is 2.11 bits per heavy atom. The number of carbonyl (C=O) groups is 1. The molecule has 0 aliphatic heterocycles. The summed E-state index contributed by atoms with van der Waals surface area (Å²) < 4.78 is 5.26. The standard InChI is InChI=1S/C11H14N4O3/c1-7(10(16)17)18-9-5-3-2-4-8(9)6-14-15-11(12)13/h2-7H,1H3,(H,16,17)(H4,12,13,15). The van der Waals surface area contributed by atoms with Gasteiger partial charge >= 0.3 is 5.97 Å². The summed E-state index contributed by atoms with van der Waals surface area (Å²) in [5, 5.41) is 15.9. The third-order valence-electron chi connectivity index (χ3n) is 1.94. The van der Waals surface area contributed by atoms with Crippen LogP contribution in [0.15, 0.2) is 34.5 Å². The van der Waals surface area contributed by atoms with Gasteiger partial charge in [0, 0.05) is 5.56 Å². The number of hydrogen-bond acceptors (Lipinski definition) is 4. The Balaban J connectivity index is 2.89. The van der Waals surface area contributed by atoms with Gasteiger partial charge in [0.25, 0.3) is 0 Å². The van der Waals surface area contributed by atoms with Crippen LogP contribution in [-0.2, 0) is 4.79 Å². The molecule has 96 valence electrons. The second-order valence-corrected chi connectivity index (χ2v) is 3.41. The van der Waals surface area contributed by atoms with E-state index in [9.17, 15) is 4.79 Å². The van der Waals surface area contributed by atoms with Gasteiger partial charge in [-0.1, -0.05) is 12.1 Å². The van der Waals surface area contributed by atoms with E-state index < -0.39 is 12.1 Å². The van der Waals surface area contributed by atoms with Crippen LogP contribution >= 0.6 is 0 Å². The smallest absolute Gasteiger partial charge is 0.344 e. The highest BCUT2D eigenvalue weighted by Gasteiger charge is 2.13. The fourth-order valence-electron chi connectivity index (χ4n) is 1.09. The minimum absolute atomic E-state index is 0.163. The number of para-hydroxylation sites is 1. The van der Waals surface area contributed by atoms with Crippen LogP contribution in [0.3, 0.4) is 0 Å². The van der Waals surface area contributed by atoms with Crippen molar-refractivity contribution in [2.45, 2.75) is 13.0 Å². The monoisotopic (exact) mass is 250 g/mol. The number of ether oxygens (including phenoxy) is 1. The van der Waals surface area contributed by atoms with Gasteiger partial charge in [-0.2, -0.15) is 5.10 Å². The van der Waals surface area contributed by atoms with Crippen LogP contribution in [0.5, 0.6) is 5.75 Å². The van der Waals surface area contributed by atoms with Crippen molar-refractivity contribution in [2.75, 3.05) is 0 Å². The maximum absolute atomic E-state index is 10.7. The van der Waals surface area contributed by atoms with Crippen LogP contribution in [0, 0.1) is 0 Å². The number of benzene rings is 1. The second kappa shape index (κ2) is 6.24. The molecule has 1 rings (SSSR count). The molecule has 5 N–H and O–H groups in total. The summed E-state index contributed by atoms with van der Waals surface area (Å²) in [4.78, 5) is 10.7. The highest BCUT2D eigenvalue weighted by atomic mass is 16.5. The predicted molar refractivity (Wildman–Crippen MR) is 67.6 cm³/mol. The molecule has 7 nitrogen and oxygen atoms in total. The SMILES string of the molecule is CC(Oc1ccccc1C=NN=C(N)N)C(=O)O. The van der Waals surface area contributed by atoms with Gasteiger partial charge in [-0.3, -0.25) is 0 Å². The van der Waals surface area contributed by atoms with E-state index in [0.717, 1.165) is 0 Å². The van der Waals surface area contributed by atoms with Crippen molar-refractivity contribution in [3.63, 3.8) is 0 Å². The van der Waals surface area contributed by atoms with Crippen molar-refractivity contribution in [3.8, 4) is 5.75 Å². The van der Waals surface area contributed by atoms with Crippen molar-refractivity contribution in [2.24, 2.45) is 21.7 Å². The van der Waals surface area contributed by atoms with Crippen LogP contribution in [0.25, 0.3) is 0 Å². The van der Waals surface area contributed by atoms with E-state index in [4.69, 9.17) is 21.3 Å². The van der Waals surface area contributed by atoms with Crippen LogP contribution in [0.1, 0.15) is 12.5 Å². The number of hydrogen-bond donors (Lipinski definition) is 3. The van der Waals surface area contributed by atoms with Gasteiger partial charge in [-0.25, -0.2) is 4.79 Å². The second-order valence-electron chi connectivity index (χ2n) is 3.41. The molecule has 0 aliphatic carbocycles. The zero-order chi connectivity index (χ0) is 13.5. The molecule has 0 saturated heterocycles. The molecule has 0 aromatic heterocycles. The lowest BCUT2D eigenvalue weighted by Crippen LogP contribution is -2.23. The molecule has 1 aromatic carbocycles. The molecule has 0 radical (unpaired) electrons. The molecule has 0 aliphatic rings. The highest BCUT2D eigenvalue weighted by molar-refractivity contribution is 5.85. The van der Waals surface area contributed by atoms with Gasteiger partial charge in [-0.15, -0.1) is 5.10 Å². The summed E-state index contributed by atoms with van der Waals surface area (Å²) in [6.45, 7) is 1.44. The van der Waals surface area contributed by atoms with E-state index in [0.29, 0.717) is 11.3 Å². The Labute approximate surface area is 104 Å². The van der Waals surface area contributed by atoms with Gasteiger partial charge in [0.15, 0.2) is 6.10 Å². The first-order chi connectivity index (χ1) is 8.50.